The van der Waals surface area contributed by atoms with Gasteiger partial charge in [0.2, 0.25) is 5.91 Å². The number of allylic oxidation sites excluding steroid dienone is 2. The van der Waals surface area contributed by atoms with Crippen molar-refractivity contribution in [1.82, 2.24) is 5.32 Å². The van der Waals surface area contributed by atoms with Crippen molar-refractivity contribution in [3.8, 4) is 0 Å². The highest BCUT2D eigenvalue weighted by Crippen LogP contribution is 2.19. The fraction of sp³-hybridized carbons (Fsp3) is 0.945. The van der Waals surface area contributed by atoms with Gasteiger partial charge in [0.25, 0.3) is 0 Å². The van der Waals surface area contributed by atoms with E-state index in [1.165, 1.54) is 347 Å². The minimum absolute atomic E-state index is 0.0151. The van der Waals surface area contributed by atoms with Gasteiger partial charge in [0.1, 0.15) is 0 Å². The van der Waals surface area contributed by atoms with Gasteiger partial charge in [-0.25, -0.2) is 0 Å². The van der Waals surface area contributed by atoms with E-state index in [4.69, 9.17) is 4.74 Å². The summed E-state index contributed by atoms with van der Waals surface area (Å²) in [5.74, 6) is -0.0206. The third-order valence-corrected chi connectivity index (χ3v) is 17.3. The van der Waals surface area contributed by atoms with Gasteiger partial charge in [-0.2, -0.15) is 0 Å². The molecule has 3 N–H and O–H groups in total. The Hall–Kier alpha value is -1.40. The van der Waals surface area contributed by atoms with Gasteiger partial charge >= 0.3 is 5.97 Å². The molecule has 0 spiro atoms. The number of carbonyl (C=O) groups is 2. The molecule has 0 aromatic carbocycles. The molecular weight excluding hydrogens is 971 g/mol. The summed E-state index contributed by atoms with van der Waals surface area (Å²) in [5.41, 5.74) is 0. The second-order valence-corrected chi connectivity index (χ2v) is 25.3. The molecule has 79 heavy (non-hydrogen) atoms. The molecular formula is C73H143NO5. The number of carbonyl (C=O) groups excluding carboxylic acids is 2. The molecule has 0 aliphatic carbocycles. The molecule has 0 aliphatic rings. The lowest BCUT2D eigenvalue weighted by molar-refractivity contribution is -0.143. The number of hydrogen-bond acceptors (Lipinski definition) is 5. The molecule has 0 aromatic rings. The van der Waals surface area contributed by atoms with Gasteiger partial charge in [-0.3, -0.25) is 9.59 Å². The maximum absolute atomic E-state index is 12.6. The number of aliphatic hydroxyl groups excluding tert-OH is 2. The highest BCUT2D eigenvalue weighted by Gasteiger charge is 2.20. The van der Waals surface area contributed by atoms with E-state index in [1.54, 1.807) is 0 Å². The Labute approximate surface area is 495 Å². The third-order valence-electron chi connectivity index (χ3n) is 17.3. The van der Waals surface area contributed by atoms with Gasteiger partial charge in [-0.1, -0.05) is 366 Å². The summed E-state index contributed by atoms with van der Waals surface area (Å²) in [5, 5.41) is 23.5. The maximum atomic E-state index is 12.6. The Morgan fingerprint density at radius 1 is 0.342 bits per heavy atom. The van der Waals surface area contributed by atoms with E-state index in [1.807, 2.05) is 0 Å². The van der Waals surface area contributed by atoms with Crippen LogP contribution in [0.25, 0.3) is 0 Å². The number of ether oxygens (including phenoxy) is 1. The number of rotatable bonds is 69. The first-order chi connectivity index (χ1) is 39.0. The van der Waals surface area contributed by atoms with Crippen LogP contribution in [0.15, 0.2) is 12.2 Å². The molecule has 0 saturated carbocycles. The van der Waals surface area contributed by atoms with Crippen molar-refractivity contribution in [2.45, 2.75) is 431 Å². The van der Waals surface area contributed by atoms with Gasteiger partial charge in [0, 0.05) is 12.8 Å². The Morgan fingerprint density at radius 3 is 0.899 bits per heavy atom. The third kappa shape index (κ3) is 65.6. The van der Waals surface area contributed by atoms with Crippen LogP contribution in [0.3, 0.4) is 0 Å². The summed E-state index contributed by atoms with van der Waals surface area (Å²) in [6.45, 7) is 5.00. The molecule has 0 bridgehead atoms. The van der Waals surface area contributed by atoms with E-state index in [-0.39, 0.29) is 18.5 Å². The van der Waals surface area contributed by atoms with Crippen LogP contribution >= 0.6 is 0 Å². The lowest BCUT2D eigenvalue weighted by Gasteiger charge is -2.22. The summed E-state index contributed by atoms with van der Waals surface area (Å²) >= 11 is 0. The highest BCUT2D eigenvalue weighted by atomic mass is 16.5. The van der Waals surface area contributed by atoms with Gasteiger partial charge in [0.15, 0.2) is 0 Å². The summed E-state index contributed by atoms with van der Waals surface area (Å²) in [7, 11) is 0. The van der Waals surface area contributed by atoms with Crippen LogP contribution in [0, 0.1) is 0 Å². The van der Waals surface area contributed by atoms with Crippen molar-refractivity contribution < 1.29 is 24.5 Å². The lowest BCUT2D eigenvalue weighted by atomic mass is 10.0. The number of amides is 1. The topological polar surface area (TPSA) is 95.9 Å². The van der Waals surface area contributed by atoms with Crippen molar-refractivity contribution in [3.63, 3.8) is 0 Å². The molecule has 6 nitrogen and oxygen atoms in total. The molecule has 470 valence electrons. The number of unbranched alkanes of at least 4 members (excludes halogenated alkanes) is 56. The van der Waals surface area contributed by atoms with Crippen LogP contribution in [-0.2, 0) is 14.3 Å². The predicted octanol–water partition coefficient (Wildman–Crippen LogP) is 23.5. The summed E-state index contributed by atoms with van der Waals surface area (Å²) in [4.78, 5) is 24.6. The van der Waals surface area contributed by atoms with Crippen LogP contribution < -0.4 is 5.32 Å². The largest absolute Gasteiger partial charge is 0.466 e. The standard InChI is InChI=1S/C73H143NO5/c1-3-5-7-9-11-13-15-17-19-20-21-22-23-24-26-29-32-35-38-41-45-49-53-57-61-65-71(76)70(69-75)74-72(77)66-62-58-54-50-46-42-39-36-33-30-27-25-28-31-34-37-40-44-48-52-56-60-64-68-79-73(78)67-63-59-55-51-47-43-18-16-14-12-10-8-6-4-2/h30,33,70-71,75-76H,3-29,31-32,34-69H2,1-2H3,(H,74,77)/b33-30-. The number of aliphatic hydroxyl groups is 2. The van der Waals surface area contributed by atoms with E-state index in [2.05, 4.69) is 31.3 Å². The zero-order valence-corrected chi connectivity index (χ0v) is 53.9. The molecule has 0 aliphatic heterocycles. The van der Waals surface area contributed by atoms with Crippen molar-refractivity contribution in [3.05, 3.63) is 12.2 Å². The molecule has 0 heterocycles. The first kappa shape index (κ1) is 77.6. The molecule has 2 atom stereocenters. The molecule has 0 rings (SSSR count). The van der Waals surface area contributed by atoms with E-state index in [0.29, 0.717) is 25.9 Å². The fourth-order valence-electron chi connectivity index (χ4n) is 11.8. The van der Waals surface area contributed by atoms with Crippen molar-refractivity contribution >= 4 is 11.9 Å². The highest BCUT2D eigenvalue weighted by molar-refractivity contribution is 5.76. The Bertz CT molecular complexity index is 1190. The fourth-order valence-corrected chi connectivity index (χ4v) is 11.8. The molecule has 1 amide bonds. The zero-order chi connectivity index (χ0) is 57.1. The van der Waals surface area contributed by atoms with E-state index in [9.17, 15) is 19.8 Å². The monoisotopic (exact) mass is 1110 g/mol. The van der Waals surface area contributed by atoms with E-state index in [0.717, 1.165) is 38.5 Å². The van der Waals surface area contributed by atoms with E-state index < -0.39 is 12.1 Å². The quantitative estimate of drug-likeness (QED) is 0.0320. The molecule has 2 unspecified atom stereocenters. The number of esters is 1. The van der Waals surface area contributed by atoms with Crippen LogP contribution in [0.2, 0.25) is 0 Å². The number of hydrogen-bond donors (Lipinski definition) is 3. The lowest BCUT2D eigenvalue weighted by Crippen LogP contribution is -2.45. The minimum atomic E-state index is -0.669. The summed E-state index contributed by atoms with van der Waals surface area (Å²) in [6.07, 6.45) is 85.5. The SMILES string of the molecule is CCCCCCCCCCCCCCCCCCCCCCCCCCCC(O)C(CO)NC(=O)CCCCCCCCC/C=C\CCCCCCCCCCCCCCOC(=O)CCCCCCCCCCCCCCCC. The predicted molar refractivity (Wildman–Crippen MR) is 347 cm³/mol. The minimum Gasteiger partial charge on any atom is -0.466 e. The summed E-state index contributed by atoms with van der Waals surface area (Å²) < 4.78 is 5.49. The van der Waals surface area contributed by atoms with Crippen molar-refractivity contribution in [2.75, 3.05) is 13.2 Å². The Balaban J connectivity index is 3.40. The average molecular weight is 1110 g/mol. The second kappa shape index (κ2) is 69.1. The van der Waals surface area contributed by atoms with Gasteiger partial charge in [-0.05, 0) is 51.4 Å². The molecule has 0 saturated heterocycles. The Morgan fingerprint density at radius 2 is 0.595 bits per heavy atom. The zero-order valence-electron chi connectivity index (χ0n) is 53.9. The Kier molecular flexibility index (Phi) is 67.9. The van der Waals surface area contributed by atoms with Crippen LogP contribution in [0.5, 0.6) is 0 Å². The molecule has 0 fully saturated rings. The first-order valence-corrected chi connectivity index (χ1v) is 36.4. The smallest absolute Gasteiger partial charge is 0.305 e. The molecule has 6 heteroatoms. The molecule has 0 radical (unpaired) electrons. The van der Waals surface area contributed by atoms with Crippen molar-refractivity contribution in [1.29, 1.82) is 0 Å². The maximum Gasteiger partial charge on any atom is 0.305 e. The number of nitrogens with one attached hydrogen (secondary N) is 1. The molecule has 0 aromatic heterocycles. The van der Waals surface area contributed by atoms with Crippen molar-refractivity contribution in [2.24, 2.45) is 0 Å². The van der Waals surface area contributed by atoms with Gasteiger partial charge < -0.3 is 20.3 Å². The van der Waals surface area contributed by atoms with E-state index >= 15 is 0 Å². The van der Waals surface area contributed by atoms with Crippen LogP contribution in [-0.4, -0.2) is 47.4 Å². The van der Waals surface area contributed by atoms with Gasteiger partial charge in [-0.15, -0.1) is 0 Å². The summed E-state index contributed by atoms with van der Waals surface area (Å²) in [6, 6.07) is -0.547. The van der Waals surface area contributed by atoms with Crippen LogP contribution in [0.1, 0.15) is 418 Å². The second-order valence-electron chi connectivity index (χ2n) is 25.3. The average Bonchev–Trinajstić information content (AvgIpc) is 3.45. The van der Waals surface area contributed by atoms with Gasteiger partial charge in [0.05, 0.1) is 25.4 Å². The first-order valence-electron chi connectivity index (χ1n) is 36.4. The normalized spacial score (nSPS) is 12.5. The van der Waals surface area contributed by atoms with Crippen LogP contribution in [0.4, 0.5) is 0 Å².